The fourth-order valence-electron chi connectivity index (χ4n) is 3.19. The number of esters is 1. The number of ether oxygens (including phenoxy) is 1. The third-order valence-electron chi connectivity index (χ3n) is 4.42. The lowest BCUT2D eigenvalue weighted by atomic mass is 9.84. The van der Waals surface area contributed by atoms with Crippen molar-refractivity contribution in [3.8, 4) is 0 Å². The number of carbonyl (C=O) groups excluding carboxylic acids is 2. The molecule has 0 heterocycles. The van der Waals surface area contributed by atoms with E-state index in [9.17, 15) is 9.59 Å². The summed E-state index contributed by atoms with van der Waals surface area (Å²) >= 11 is 0. The molecule has 4 heteroatoms. The van der Waals surface area contributed by atoms with Crippen molar-refractivity contribution in [2.45, 2.75) is 51.5 Å². The summed E-state index contributed by atoms with van der Waals surface area (Å²) in [7, 11) is 0. The second kappa shape index (κ2) is 9.91. The van der Waals surface area contributed by atoms with Crippen LogP contribution in [0.1, 0.15) is 55.8 Å². The Hall–Kier alpha value is -2.10. The molecule has 1 aromatic rings. The van der Waals surface area contributed by atoms with Crippen molar-refractivity contribution in [2.75, 3.05) is 6.61 Å². The predicted octanol–water partition coefficient (Wildman–Crippen LogP) is 3.87. The van der Waals surface area contributed by atoms with Crippen LogP contribution >= 0.6 is 0 Å². The lowest BCUT2D eigenvalue weighted by molar-refractivity contribution is -0.139. The predicted molar refractivity (Wildman–Crippen MR) is 94.7 cm³/mol. The highest BCUT2D eigenvalue weighted by atomic mass is 16.5. The minimum Gasteiger partial charge on any atom is -0.462 e. The van der Waals surface area contributed by atoms with E-state index in [-0.39, 0.29) is 24.5 Å². The van der Waals surface area contributed by atoms with Crippen LogP contribution in [0.2, 0.25) is 0 Å². The van der Waals surface area contributed by atoms with Gasteiger partial charge in [-0.05, 0) is 30.5 Å². The van der Waals surface area contributed by atoms with Crippen molar-refractivity contribution in [3.05, 3.63) is 48.0 Å². The molecule has 1 fully saturated rings. The maximum atomic E-state index is 12.4. The second-order valence-electron chi connectivity index (χ2n) is 6.42. The van der Waals surface area contributed by atoms with Crippen molar-refractivity contribution in [1.82, 2.24) is 5.32 Å². The van der Waals surface area contributed by atoms with E-state index in [0.717, 1.165) is 6.42 Å². The SMILES string of the molecule is CC(=O)OC/C=C/[C@H](CC1CCCCC1)NC(=O)c1ccccc1. The molecule has 1 amide bonds. The number of nitrogens with one attached hydrogen (secondary N) is 1. The Bertz CT molecular complexity index is 547. The van der Waals surface area contributed by atoms with Gasteiger partial charge >= 0.3 is 5.97 Å². The monoisotopic (exact) mass is 329 g/mol. The minimum absolute atomic E-state index is 0.0311. The van der Waals surface area contributed by atoms with Gasteiger partial charge in [-0.2, -0.15) is 0 Å². The normalized spacial score (nSPS) is 16.7. The zero-order valence-electron chi connectivity index (χ0n) is 14.4. The van der Waals surface area contributed by atoms with Crippen LogP contribution in [0.3, 0.4) is 0 Å². The summed E-state index contributed by atoms with van der Waals surface area (Å²) in [5.41, 5.74) is 0.666. The van der Waals surface area contributed by atoms with E-state index in [1.54, 1.807) is 0 Å². The van der Waals surface area contributed by atoms with Gasteiger partial charge in [0, 0.05) is 18.5 Å². The second-order valence-corrected chi connectivity index (χ2v) is 6.42. The highest BCUT2D eigenvalue weighted by Crippen LogP contribution is 2.27. The Morgan fingerprint density at radius 1 is 1.21 bits per heavy atom. The average Bonchev–Trinajstić information content (AvgIpc) is 2.60. The van der Waals surface area contributed by atoms with Crippen LogP contribution in [-0.2, 0) is 9.53 Å². The van der Waals surface area contributed by atoms with Crippen LogP contribution in [0.25, 0.3) is 0 Å². The highest BCUT2D eigenvalue weighted by molar-refractivity contribution is 5.94. The molecule has 1 atom stereocenters. The summed E-state index contributed by atoms with van der Waals surface area (Å²) in [6.07, 6.45) is 11.1. The average molecular weight is 329 g/mol. The standard InChI is InChI=1S/C20H27NO3/c1-16(22)24-14-8-13-19(15-17-9-4-2-5-10-17)21-20(23)18-11-6-3-7-12-18/h3,6-8,11-13,17,19H,2,4-5,9-10,14-15H2,1H3,(H,21,23)/b13-8+/t19-/m1/s1. The van der Waals surface area contributed by atoms with Gasteiger partial charge in [-0.1, -0.05) is 56.4 Å². The summed E-state index contributed by atoms with van der Waals surface area (Å²) in [5, 5.41) is 3.10. The summed E-state index contributed by atoms with van der Waals surface area (Å²) in [4.78, 5) is 23.2. The van der Waals surface area contributed by atoms with Crippen molar-refractivity contribution in [3.63, 3.8) is 0 Å². The van der Waals surface area contributed by atoms with E-state index in [1.807, 2.05) is 42.5 Å². The van der Waals surface area contributed by atoms with Gasteiger partial charge in [0.1, 0.15) is 6.61 Å². The third-order valence-corrected chi connectivity index (χ3v) is 4.42. The van der Waals surface area contributed by atoms with E-state index in [0.29, 0.717) is 11.5 Å². The molecule has 1 N–H and O–H groups in total. The molecular weight excluding hydrogens is 302 g/mol. The van der Waals surface area contributed by atoms with Crippen LogP contribution in [0.4, 0.5) is 0 Å². The fraction of sp³-hybridized carbons (Fsp3) is 0.500. The Labute approximate surface area is 144 Å². The number of rotatable bonds is 7. The number of hydrogen-bond donors (Lipinski definition) is 1. The van der Waals surface area contributed by atoms with Crippen LogP contribution in [0.5, 0.6) is 0 Å². The first kappa shape index (κ1) is 18.2. The molecule has 24 heavy (non-hydrogen) atoms. The van der Waals surface area contributed by atoms with E-state index < -0.39 is 0 Å². The van der Waals surface area contributed by atoms with E-state index in [1.165, 1.54) is 39.0 Å². The largest absolute Gasteiger partial charge is 0.462 e. The zero-order valence-corrected chi connectivity index (χ0v) is 14.4. The molecule has 1 aliphatic rings. The number of benzene rings is 1. The van der Waals surface area contributed by atoms with E-state index in [4.69, 9.17) is 4.74 Å². The van der Waals surface area contributed by atoms with Gasteiger partial charge in [-0.25, -0.2) is 0 Å². The molecule has 0 aliphatic heterocycles. The Balaban J connectivity index is 1.95. The molecule has 0 radical (unpaired) electrons. The lowest BCUT2D eigenvalue weighted by Crippen LogP contribution is -2.35. The molecule has 4 nitrogen and oxygen atoms in total. The van der Waals surface area contributed by atoms with Crippen molar-refractivity contribution in [1.29, 1.82) is 0 Å². The van der Waals surface area contributed by atoms with Crippen molar-refractivity contribution < 1.29 is 14.3 Å². The molecule has 0 saturated heterocycles. The maximum Gasteiger partial charge on any atom is 0.302 e. The first-order chi connectivity index (χ1) is 11.6. The molecule has 1 saturated carbocycles. The molecule has 0 unspecified atom stereocenters. The zero-order chi connectivity index (χ0) is 17.2. The van der Waals surface area contributed by atoms with Gasteiger partial charge in [0.25, 0.3) is 5.91 Å². The molecule has 0 bridgehead atoms. The molecule has 0 spiro atoms. The smallest absolute Gasteiger partial charge is 0.302 e. The highest BCUT2D eigenvalue weighted by Gasteiger charge is 2.19. The van der Waals surface area contributed by atoms with E-state index >= 15 is 0 Å². The lowest BCUT2D eigenvalue weighted by Gasteiger charge is -2.25. The van der Waals surface area contributed by atoms with Gasteiger partial charge in [0.05, 0.1) is 0 Å². The van der Waals surface area contributed by atoms with Gasteiger partial charge in [-0.15, -0.1) is 0 Å². The summed E-state index contributed by atoms with van der Waals surface area (Å²) in [6, 6.07) is 9.22. The number of carbonyl (C=O) groups is 2. The fourth-order valence-corrected chi connectivity index (χ4v) is 3.19. The molecule has 1 aliphatic carbocycles. The molecule has 1 aromatic carbocycles. The Morgan fingerprint density at radius 2 is 1.92 bits per heavy atom. The molecular formula is C20H27NO3. The van der Waals surface area contributed by atoms with Gasteiger partial charge in [-0.3, -0.25) is 9.59 Å². The molecule has 0 aromatic heterocycles. The van der Waals surface area contributed by atoms with Gasteiger partial charge in [0.15, 0.2) is 0 Å². The van der Waals surface area contributed by atoms with Crippen LogP contribution in [-0.4, -0.2) is 24.5 Å². The van der Waals surface area contributed by atoms with Gasteiger partial charge < -0.3 is 10.1 Å². The summed E-state index contributed by atoms with van der Waals surface area (Å²) in [6.45, 7) is 1.64. The van der Waals surface area contributed by atoms with E-state index in [2.05, 4.69) is 5.32 Å². The van der Waals surface area contributed by atoms with Crippen LogP contribution < -0.4 is 5.32 Å². The third kappa shape index (κ3) is 6.57. The summed E-state index contributed by atoms with van der Waals surface area (Å²) in [5.74, 6) is 0.295. The molecule has 130 valence electrons. The Morgan fingerprint density at radius 3 is 2.58 bits per heavy atom. The van der Waals surface area contributed by atoms with Crippen molar-refractivity contribution in [2.24, 2.45) is 5.92 Å². The van der Waals surface area contributed by atoms with Crippen LogP contribution in [0, 0.1) is 5.92 Å². The first-order valence-electron chi connectivity index (χ1n) is 8.81. The Kier molecular flexibility index (Phi) is 7.53. The maximum absolute atomic E-state index is 12.4. The van der Waals surface area contributed by atoms with Crippen molar-refractivity contribution >= 4 is 11.9 Å². The number of hydrogen-bond acceptors (Lipinski definition) is 3. The van der Waals surface area contributed by atoms with Crippen LogP contribution in [0.15, 0.2) is 42.5 Å². The number of amides is 1. The topological polar surface area (TPSA) is 55.4 Å². The molecule has 2 rings (SSSR count). The van der Waals surface area contributed by atoms with Gasteiger partial charge in [0.2, 0.25) is 0 Å². The minimum atomic E-state index is -0.295. The first-order valence-corrected chi connectivity index (χ1v) is 8.81. The summed E-state index contributed by atoms with van der Waals surface area (Å²) < 4.78 is 4.93. The quantitative estimate of drug-likeness (QED) is 0.610.